The number of hydrogen-bond acceptors (Lipinski definition) is 2. The van der Waals surface area contributed by atoms with E-state index in [-0.39, 0.29) is 11.9 Å². The lowest BCUT2D eigenvalue weighted by Crippen LogP contribution is -2.20. The highest BCUT2D eigenvalue weighted by Crippen LogP contribution is 2.26. The third-order valence-corrected chi connectivity index (χ3v) is 4.67. The van der Waals surface area contributed by atoms with Crippen LogP contribution in [0.1, 0.15) is 33.8 Å². The zero-order chi connectivity index (χ0) is 13.8. The fourth-order valence-electron chi connectivity index (χ4n) is 2.23. The van der Waals surface area contributed by atoms with Gasteiger partial charge in [0.15, 0.2) is 0 Å². The quantitative estimate of drug-likeness (QED) is 0.861. The average Bonchev–Trinajstić information content (AvgIpc) is 2.87. The van der Waals surface area contributed by atoms with E-state index in [4.69, 9.17) is 0 Å². The lowest BCUT2D eigenvalue weighted by molar-refractivity contribution is 0.532. The summed E-state index contributed by atoms with van der Waals surface area (Å²) in [5, 5.41) is 3.23. The highest BCUT2D eigenvalue weighted by atomic mass is 32.1. The molecule has 0 fully saturated rings. The van der Waals surface area contributed by atoms with Crippen molar-refractivity contribution in [2.75, 3.05) is 7.05 Å². The van der Waals surface area contributed by atoms with E-state index in [0.29, 0.717) is 5.56 Å². The van der Waals surface area contributed by atoms with Crippen LogP contribution in [0.2, 0.25) is 0 Å². The van der Waals surface area contributed by atoms with Crippen LogP contribution in [0.5, 0.6) is 0 Å². The number of halogens is 1. The molecule has 19 heavy (non-hydrogen) atoms. The summed E-state index contributed by atoms with van der Waals surface area (Å²) >= 11 is 1.82. The van der Waals surface area contributed by atoms with Gasteiger partial charge in [-0.25, -0.2) is 4.39 Å². The van der Waals surface area contributed by atoms with Crippen molar-refractivity contribution in [1.29, 1.82) is 0 Å². The summed E-state index contributed by atoms with van der Waals surface area (Å²) in [7, 11) is 1.89. The predicted octanol–water partition coefficient (Wildman–Crippen LogP) is 4.26. The second kappa shape index (κ2) is 6.31. The third kappa shape index (κ3) is 3.23. The van der Waals surface area contributed by atoms with Crippen LogP contribution in [0.25, 0.3) is 0 Å². The van der Waals surface area contributed by atoms with Gasteiger partial charge in [-0.3, -0.25) is 0 Å². The lowest BCUT2D eigenvalue weighted by Gasteiger charge is -2.17. The zero-order valence-corrected chi connectivity index (χ0v) is 12.5. The van der Waals surface area contributed by atoms with Crippen molar-refractivity contribution in [3.63, 3.8) is 0 Å². The van der Waals surface area contributed by atoms with Crippen molar-refractivity contribution in [3.8, 4) is 0 Å². The number of rotatable bonds is 5. The minimum absolute atomic E-state index is 0.0308. The van der Waals surface area contributed by atoms with E-state index in [1.54, 1.807) is 0 Å². The molecule has 1 heterocycles. The van der Waals surface area contributed by atoms with Crippen molar-refractivity contribution in [3.05, 3.63) is 57.0 Å². The number of benzene rings is 1. The molecular formula is C16H20FNS. The Balaban J connectivity index is 2.22. The number of aryl methyl sites for hydroxylation is 2. The first-order valence-electron chi connectivity index (χ1n) is 6.65. The molecule has 2 aromatic rings. The van der Waals surface area contributed by atoms with E-state index in [9.17, 15) is 4.39 Å². The summed E-state index contributed by atoms with van der Waals surface area (Å²) in [6.07, 6.45) is 1.90. The summed E-state index contributed by atoms with van der Waals surface area (Å²) in [5.74, 6) is -0.0888. The molecule has 1 aromatic heterocycles. The molecule has 1 aromatic carbocycles. The molecule has 1 nitrogen and oxygen atoms in total. The molecule has 102 valence electrons. The molecular weight excluding hydrogens is 257 g/mol. The van der Waals surface area contributed by atoms with E-state index in [2.05, 4.69) is 24.4 Å². The predicted molar refractivity (Wildman–Crippen MR) is 80.3 cm³/mol. The SMILES string of the molecule is CCc1ccc(CC(NC)c2cccc(C)c2F)s1. The zero-order valence-electron chi connectivity index (χ0n) is 11.7. The minimum atomic E-state index is -0.0888. The highest BCUT2D eigenvalue weighted by molar-refractivity contribution is 7.11. The third-order valence-electron chi connectivity index (χ3n) is 3.42. The first kappa shape index (κ1) is 14.2. The molecule has 0 aliphatic heterocycles. The van der Waals surface area contributed by atoms with Crippen LogP contribution in [0.4, 0.5) is 4.39 Å². The standard InChI is InChI=1S/C16H20FNS/c1-4-12-8-9-13(19-12)10-15(18-3)14-7-5-6-11(2)16(14)17/h5-9,15,18H,4,10H2,1-3H3. The Hall–Kier alpha value is -1.19. The van der Waals surface area contributed by atoms with Gasteiger partial charge in [-0.15, -0.1) is 11.3 Å². The van der Waals surface area contributed by atoms with Gasteiger partial charge in [0.05, 0.1) is 0 Å². The fraction of sp³-hybridized carbons (Fsp3) is 0.375. The number of hydrogen-bond donors (Lipinski definition) is 1. The van der Waals surface area contributed by atoms with Crippen LogP contribution in [0, 0.1) is 12.7 Å². The molecule has 1 unspecified atom stereocenters. The summed E-state index contributed by atoms with van der Waals surface area (Å²) in [6.45, 7) is 3.97. The lowest BCUT2D eigenvalue weighted by atomic mass is 10.0. The van der Waals surface area contributed by atoms with Gasteiger partial charge in [-0.05, 0) is 38.1 Å². The van der Waals surface area contributed by atoms with Crippen LogP contribution in [-0.2, 0) is 12.8 Å². The van der Waals surface area contributed by atoms with Gasteiger partial charge < -0.3 is 5.32 Å². The first-order chi connectivity index (χ1) is 9.15. The Kier molecular flexibility index (Phi) is 4.72. The second-order valence-corrected chi connectivity index (χ2v) is 6.00. The summed E-state index contributed by atoms with van der Waals surface area (Å²) < 4.78 is 14.2. The maximum absolute atomic E-state index is 14.2. The van der Waals surface area contributed by atoms with Crippen molar-refractivity contribution < 1.29 is 4.39 Å². The molecule has 0 saturated heterocycles. The topological polar surface area (TPSA) is 12.0 Å². The molecule has 1 N–H and O–H groups in total. The van der Waals surface area contributed by atoms with E-state index in [0.717, 1.165) is 18.4 Å². The molecule has 0 aliphatic rings. The Morgan fingerprint density at radius 2 is 1.95 bits per heavy atom. The molecule has 1 atom stereocenters. The molecule has 0 radical (unpaired) electrons. The molecule has 2 rings (SSSR count). The Morgan fingerprint density at radius 3 is 2.58 bits per heavy atom. The van der Waals surface area contributed by atoms with Crippen LogP contribution in [0.15, 0.2) is 30.3 Å². The maximum atomic E-state index is 14.2. The van der Waals surface area contributed by atoms with Gasteiger partial charge >= 0.3 is 0 Å². The number of nitrogens with one attached hydrogen (secondary N) is 1. The summed E-state index contributed by atoms with van der Waals surface area (Å²) in [5.41, 5.74) is 1.46. The van der Waals surface area contributed by atoms with E-state index in [1.807, 2.05) is 43.5 Å². The van der Waals surface area contributed by atoms with E-state index >= 15 is 0 Å². The van der Waals surface area contributed by atoms with Gasteiger partial charge in [0.25, 0.3) is 0 Å². The fourth-order valence-corrected chi connectivity index (χ4v) is 3.23. The van der Waals surface area contributed by atoms with Crippen molar-refractivity contribution >= 4 is 11.3 Å². The summed E-state index contributed by atoms with van der Waals surface area (Å²) in [6, 6.07) is 9.96. The highest BCUT2D eigenvalue weighted by Gasteiger charge is 2.16. The van der Waals surface area contributed by atoms with Gasteiger partial charge in [0, 0.05) is 27.8 Å². The van der Waals surface area contributed by atoms with E-state index < -0.39 is 0 Å². The van der Waals surface area contributed by atoms with Gasteiger partial charge in [-0.2, -0.15) is 0 Å². The smallest absolute Gasteiger partial charge is 0.130 e. The number of thiophene rings is 1. The monoisotopic (exact) mass is 277 g/mol. The Bertz CT molecular complexity index is 547. The largest absolute Gasteiger partial charge is 0.313 e. The van der Waals surface area contributed by atoms with Gasteiger partial charge in [-0.1, -0.05) is 25.1 Å². The van der Waals surface area contributed by atoms with Crippen LogP contribution >= 0.6 is 11.3 Å². The molecule has 0 aliphatic carbocycles. The molecule has 0 amide bonds. The van der Waals surface area contributed by atoms with Crippen molar-refractivity contribution in [2.24, 2.45) is 0 Å². The molecule has 0 saturated carbocycles. The Labute approximate surface area is 118 Å². The van der Waals surface area contributed by atoms with Gasteiger partial charge in [0.1, 0.15) is 5.82 Å². The first-order valence-corrected chi connectivity index (χ1v) is 7.47. The van der Waals surface area contributed by atoms with E-state index in [1.165, 1.54) is 9.75 Å². The maximum Gasteiger partial charge on any atom is 0.130 e. The number of likely N-dealkylation sites (N-methyl/N-ethyl adjacent to an activating group) is 1. The average molecular weight is 277 g/mol. The molecule has 3 heteroatoms. The van der Waals surface area contributed by atoms with Crippen molar-refractivity contribution in [2.45, 2.75) is 32.7 Å². The van der Waals surface area contributed by atoms with Crippen LogP contribution in [0.3, 0.4) is 0 Å². The van der Waals surface area contributed by atoms with Crippen molar-refractivity contribution in [1.82, 2.24) is 5.32 Å². The molecule has 0 bridgehead atoms. The minimum Gasteiger partial charge on any atom is -0.313 e. The van der Waals surface area contributed by atoms with Crippen LogP contribution < -0.4 is 5.32 Å². The summed E-state index contributed by atoms with van der Waals surface area (Å²) in [4.78, 5) is 2.69. The van der Waals surface area contributed by atoms with Crippen LogP contribution in [-0.4, -0.2) is 7.05 Å². The Morgan fingerprint density at radius 1 is 1.21 bits per heavy atom. The van der Waals surface area contributed by atoms with Gasteiger partial charge in [0.2, 0.25) is 0 Å². The second-order valence-electron chi connectivity index (χ2n) is 4.75. The normalized spacial score (nSPS) is 12.6. The molecule has 0 spiro atoms.